The Labute approximate surface area is 171 Å². The fourth-order valence-corrected chi connectivity index (χ4v) is 3.60. The first-order valence-corrected chi connectivity index (χ1v) is 10.5. The second kappa shape index (κ2) is 9.62. The number of sulfonamides is 1. The minimum atomic E-state index is -3.75. The van der Waals surface area contributed by atoms with Crippen molar-refractivity contribution in [2.75, 3.05) is 39.7 Å². The molecule has 158 valence electrons. The zero-order valence-electron chi connectivity index (χ0n) is 17.2. The molecule has 0 spiro atoms. The van der Waals surface area contributed by atoms with E-state index in [-0.39, 0.29) is 10.6 Å². The number of nitrogens with zero attached hydrogens (tertiary/aromatic N) is 1. The number of methoxy groups -OCH3 is 1. The first-order chi connectivity index (χ1) is 13.7. The third kappa shape index (κ3) is 5.18. The number of carbonyl (C=O) groups is 1. The summed E-state index contributed by atoms with van der Waals surface area (Å²) in [5.41, 5.74) is 0.669. The van der Waals surface area contributed by atoms with Gasteiger partial charge in [0.15, 0.2) is 11.5 Å². The number of hydrogen-bond donors (Lipinski definition) is 1. The van der Waals surface area contributed by atoms with E-state index in [1.165, 1.54) is 33.3 Å². The fraction of sp³-hybridized carbons (Fsp3) is 0.350. The van der Waals surface area contributed by atoms with E-state index in [9.17, 15) is 13.2 Å². The van der Waals surface area contributed by atoms with Gasteiger partial charge in [0.05, 0.1) is 20.3 Å². The molecule has 8 nitrogen and oxygen atoms in total. The molecule has 0 aliphatic carbocycles. The van der Waals surface area contributed by atoms with E-state index in [0.29, 0.717) is 36.0 Å². The number of carbonyl (C=O) groups excluding carboxylic acids is 1. The maximum atomic E-state index is 12.7. The Kier molecular flexibility index (Phi) is 7.46. The van der Waals surface area contributed by atoms with E-state index in [4.69, 9.17) is 14.2 Å². The molecule has 0 aliphatic heterocycles. The fourth-order valence-electron chi connectivity index (χ4n) is 2.55. The van der Waals surface area contributed by atoms with Crippen molar-refractivity contribution in [2.24, 2.45) is 0 Å². The molecule has 0 bridgehead atoms. The lowest BCUT2D eigenvalue weighted by molar-refractivity contribution is 0.102. The van der Waals surface area contributed by atoms with Crippen molar-refractivity contribution in [1.82, 2.24) is 4.31 Å². The highest BCUT2D eigenvalue weighted by Crippen LogP contribution is 2.31. The molecule has 1 amide bonds. The summed E-state index contributed by atoms with van der Waals surface area (Å²) in [7, 11) is 0.602. The van der Waals surface area contributed by atoms with E-state index in [1.54, 1.807) is 31.2 Å². The zero-order valence-corrected chi connectivity index (χ0v) is 18.0. The van der Waals surface area contributed by atoms with E-state index in [2.05, 4.69) is 5.32 Å². The van der Waals surface area contributed by atoms with Gasteiger partial charge in [0.2, 0.25) is 10.0 Å². The standard InChI is InChI=1S/C20H26N2O6S/c1-6-27-16-10-8-14(12-18(16)26-5)20(23)21-15-9-11-17(28-7-2)19(13-15)29(24,25)22(3)4/h8-13H,6-7H2,1-5H3,(H,21,23). The lowest BCUT2D eigenvalue weighted by Gasteiger charge is -2.17. The van der Waals surface area contributed by atoms with Crippen LogP contribution in [0.5, 0.6) is 17.2 Å². The first kappa shape index (κ1) is 22.5. The van der Waals surface area contributed by atoms with Gasteiger partial charge >= 0.3 is 0 Å². The molecule has 0 unspecified atom stereocenters. The maximum Gasteiger partial charge on any atom is 0.255 e. The lowest BCUT2D eigenvalue weighted by atomic mass is 10.2. The summed E-state index contributed by atoms with van der Waals surface area (Å²) in [5, 5.41) is 2.71. The molecule has 9 heteroatoms. The van der Waals surface area contributed by atoms with E-state index < -0.39 is 15.9 Å². The third-order valence-corrected chi connectivity index (χ3v) is 5.82. The molecule has 0 aliphatic rings. The largest absolute Gasteiger partial charge is 0.493 e. The van der Waals surface area contributed by atoms with Gasteiger partial charge < -0.3 is 19.5 Å². The van der Waals surface area contributed by atoms with Gasteiger partial charge in [0.1, 0.15) is 10.6 Å². The van der Waals surface area contributed by atoms with Crippen LogP contribution < -0.4 is 19.5 Å². The second-order valence-corrected chi connectivity index (χ2v) is 8.25. The highest BCUT2D eigenvalue weighted by molar-refractivity contribution is 7.89. The molecule has 0 fully saturated rings. The van der Waals surface area contributed by atoms with Crippen molar-refractivity contribution in [2.45, 2.75) is 18.7 Å². The van der Waals surface area contributed by atoms with Crippen molar-refractivity contribution < 1.29 is 27.4 Å². The molecule has 2 aromatic carbocycles. The van der Waals surface area contributed by atoms with Crippen LogP contribution in [0.3, 0.4) is 0 Å². The summed E-state index contributed by atoms with van der Waals surface area (Å²) >= 11 is 0. The van der Waals surface area contributed by atoms with Crippen LogP contribution in [0.1, 0.15) is 24.2 Å². The average Bonchev–Trinajstić information content (AvgIpc) is 2.69. The van der Waals surface area contributed by atoms with Gasteiger partial charge in [-0.2, -0.15) is 0 Å². The SMILES string of the molecule is CCOc1ccc(C(=O)Nc2ccc(OCC)c(S(=O)(=O)N(C)C)c2)cc1OC. The Balaban J connectivity index is 2.35. The topological polar surface area (TPSA) is 94.2 Å². The van der Waals surface area contributed by atoms with Crippen molar-refractivity contribution in [3.63, 3.8) is 0 Å². The van der Waals surface area contributed by atoms with Gasteiger partial charge in [0.25, 0.3) is 5.91 Å². The van der Waals surface area contributed by atoms with Crippen LogP contribution in [0, 0.1) is 0 Å². The predicted octanol–water partition coefficient (Wildman–Crippen LogP) is 3.00. The van der Waals surface area contributed by atoms with Gasteiger partial charge in [-0.05, 0) is 50.2 Å². The Bertz CT molecular complexity index is 973. The molecule has 2 aromatic rings. The van der Waals surface area contributed by atoms with Crippen LogP contribution >= 0.6 is 0 Å². The monoisotopic (exact) mass is 422 g/mol. The van der Waals surface area contributed by atoms with E-state index in [1.807, 2.05) is 6.92 Å². The van der Waals surface area contributed by atoms with E-state index >= 15 is 0 Å². The van der Waals surface area contributed by atoms with Gasteiger partial charge in [-0.3, -0.25) is 4.79 Å². The smallest absolute Gasteiger partial charge is 0.255 e. The minimum Gasteiger partial charge on any atom is -0.493 e. The van der Waals surface area contributed by atoms with Crippen molar-refractivity contribution >= 4 is 21.6 Å². The van der Waals surface area contributed by atoms with Crippen LogP contribution in [0.25, 0.3) is 0 Å². The molecule has 1 N–H and O–H groups in total. The summed E-state index contributed by atoms with van der Waals surface area (Å²) in [4.78, 5) is 12.6. The predicted molar refractivity (Wildman–Crippen MR) is 111 cm³/mol. The quantitative estimate of drug-likeness (QED) is 0.668. The summed E-state index contributed by atoms with van der Waals surface area (Å²) in [6.45, 7) is 4.40. The van der Waals surface area contributed by atoms with Crippen LogP contribution in [-0.2, 0) is 10.0 Å². The van der Waals surface area contributed by atoms with Crippen LogP contribution in [0.4, 0.5) is 5.69 Å². The van der Waals surface area contributed by atoms with Gasteiger partial charge in [-0.15, -0.1) is 0 Å². The first-order valence-electron chi connectivity index (χ1n) is 9.06. The van der Waals surface area contributed by atoms with Crippen LogP contribution in [0.15, 0.2) is 41.3 Å². The van der Waals surface area contributed by atoms with Gasteiger partial charge in [-0.1, -0.05) is 0 Å². The normalized spacial score (nSPS) is 11.2. The molecule has 2 rings (SSSR count). The number of rotatable bonds is 9. The minimum absolute atomic E-state index is 0.0218. The number of anilines is 1. The maximum absolute atomic E-state index is 12.7. The third-order valence-electron chi connectivity index (χ3n) is 3.99. The number of ether oxygens (including phenoxy) is 3. The second-order valence-electron chi connectivity index (χ2n) is 6.13. The number of hydrogen-bond acceptors (Lipinski definition) is 6. The summed E-state index contributed by atoms with van der Waals surface area (Å²) in [5.74, 6) is 0.777. The molecule has 0 radical (unpaired) electrons. The Morgan fingerprint density at radius 2 is 1.59 bits per heavy atom. The molecule has 0 atom stereocenters. The van der Waals surface area contributed by atoms with Crippen LogP contribution in [0.2, 0.25) is 0 Å². The molecule has 0 saturated carbocycles. The lowest BCUT2D eigenvalue weighted by Crippen LogP contribution is -2.23. The summed E-state index contributed by atoms with van der Waals surface area (Å²) < 4.78 is 42.5. The Hall–Kier alpha value is -2.78. The molecule has 0 heterocycles. The van der Waals surface area contributed by atoms with Gasteiger partial charge in [-0.25, -0.2) is 12.7 Å². The zero-order chi connectivity index (χ0) is 21.6. The average molecular weight is 423 g/mol. The summed E-state index contributed by atoms with van der Waals surface area (Å²) in [6.07, 6.45) is 0. The van der Waals surface area contributed by atoms with Gasteiger partial charge in [0, 0.05) is 25.3 Å². The van der Waals surface area contributed by atoms with Crippen molar-refractivity contribution in [3.8, 4) is 17.2 Å². The number of benzene rings is 2. The highest BCUT2D eigenvalue weighted by atomic mass is 32.2. The Morgan fingerprint density at radius 1 is 0.966 bits per heavy atom. The van der Waals surface area contributed by atoms with Crippen molar-refractivity contribution in [1.29, 1.82) is 0 Å². The van der Waals surface area contributed by atoms with E-state index in [0.717, 1.165) is 4.31 Å². The molecular weight excluding hydrogens is 396 g/mol. The highest BCUT2D eigenvalue weighted by Gasteiger charge is 2.23. The van der Waals surface area contributed by atoms with Crippen LogP contribution in [-0.4, -0.2) is 53.0 Å². The molecule has 29 heavy (non-hydrogen) atoms. The number of nitrogens with one attached hydrogen (secondary N) is 1. The molecule has 0 aromatic heterocycles. The van der Waals surface area contributed by atoms with Crippen molar-refractivity contribution in [3.05, 3.63) is 42.0 Å². The Morgan fingerprint density at radius 3 is 2.17 bits per heavy atom. The number of amides is 1. The molecular formula is C20H26N2O6S. The summed E-state index contributed by atoms with van der Waals surface area (Å²) in [6, 6.07) is 9.31. The molecule has 0 saturated heterocycles.